The van der Waals surface area contributed by atoms with Gasteiger partial charge in [-0.3, -0.25) is 9.59 Å². The SMILES string of the molecule is C=C(C)C(=O)NCO.C=CC(=O)NCC. The van der Waals surface area contributed by atoms with Crippen LogP contribution in [0.15, 0.2) is 24.8 Å². The second kappa shape index (κ2) is 10.5. The van der Waals surface area contributed by atoms with Gasteiger partial charge in [0, 0.05) is 12.1 Å². The van der Waals surface area contributed by atoms with E-state index in [9.17, 15) is 9.59 Å². The topological polar surface area (TPSA) is 78.4 Å². The molecule has 0 aromatic rings. The fraction of sp³-hybridized carbons (Fsp3) is 0.400. The van der Waals surface area contributed by atoms with E-state index >= 15 is 0 Å². The molecule has 15 heavy (non-hydrogen) atoms. The Labute approximate surface area is 89.9 Å². The average molecular weight is 214 g/mol. The van der Waals surface area contributed by atoms with Gasteiger partial charge >= 0.3 is 0 Å². The molecular formula is C10H18N2O3. The van der Waals surface area contributed by atoms with Crippen LogP contribution in [0.5, 0.6) is 0 Å². The summed E-state index contributed by atoms with van der Waals surface area (Å²) < 4.78 is 0. The van der Waals surface area contributed by atoms with E-state index in [4.69, 9.17) is 5.11 Å². The second-order valence-corrected chi connectivity index (χ2v) is 2.54. The van der Waals surface area contributed by atoms with Crippen LogP contribution in [-0.4, -0.2) is 30.2 Å². The molecule has 5 nitrogen and oxygen atoms in total. The minimum Gasteiger partial charge on any atom is -0.376 e. The van der Waals surface area contributed by atoms with Gasteiger partial charge in [-0.15, -0.1) is 0 Å². The lowest BCUT2D eigenvalue weighted by atomic mass is 10.3. The van der Waals surface area contributed by atoms with E-state index in [1.54, 1.807) is 6.92 Å². The third-order valence-electron chi connectivity index (χ3n) is 1.16. The van der Waals surface area contributed by atoms with Crippen molar-refractivity contribution in [1.82, 2.24) is 10.6 Å². The molecule has 0 aliphatic rings. The predicted molar refractivity (Wildman–Crippen MR) is 58.9 cm³/mol. The molecule has 2 amide bonds. The van der Waals surface area contributed by atoms with Gasteiger partial charge in [-0.25, -0.2) is 0 Å². The molecule has 0 aliphatic heterocycles. The first-order valence-electron chi connectivity index (χ1n) is 4.44. The molecule has 0 radical (unpaired) electrons. The molecule has 0 aromatic heterocycles. The summed E-state index contributed by atoms with van der Waals surface area (Å²) in [7, 11) is 0. The molecule has 0 spiro atoms. The molecule has 3 N–H and O–H groups in total. The standard InChI is InChI=1S/C5H9NO2.C5H9NO/c1-4(2)5(8)6-3-7;1-3-5(7)6-4-2/h7H,1,3H2,2H3,(H,6,8);3H,1,4H2,2H3,(H,6,7). The van der Waals surface area contributed by atoms with Crippen LogP contribution in [0.4, 0.5) is 0 Å². The second-order valence-electron chi connectivity index (χ2n) is 2.54. The van der Waals surface area contributed by atoms with Crippen LogP contribution in [-0.2, 0) is 9.59 Å². The van der Waals surface area contributed by atoms with E-state index in [1.165, 1.54) is 6.08 Å². The summed E-state index contributed by atoms with van der Waals surface area (Å²) in [6.07, 6.45) is 1.25. The molecule has 0 bridgehead atoms. The van der Waals surface area contributed by atoms with Crippen molar-refractivity contribution in [2.75, 3.05) is 13.3 Å². The van der Waals surface area contributed by atoms with Gasteiger partial charge in [-0.05, 0) is 19.9 Å². The zero-order valence-electron chi connectivity index (χ0n) is 9.17. The number of rotatable bonds is 4. The molecule has 0 aliphatic carbocycles. The van der Waals surface area contributed by atoms with Crippen molar-refractivity contribution in [3.05, 3.63) is 24.8 Å². The fourth-order valence-corrected chi connectivity index (χ4v) is 0.469. The maximum absolute atomic E-state index is 10.4. The Morgan fingerprint density at radius 1 is 1.40 bits per heavy atom. The number of aliphatic hydroxyl groups is 1. The molecule has 0 fully saturated rings. The van der Waals surface area contributed by atoms with Crippen LogP contribution in [0.25, 0.3) is 0 Å². The van der Waals surface area contributed by atoms with E-state index < -0.39 is 0 Å². The van der Waals surface area contributed by atoms with E-state index in [-0.39, 0.29) is 18.5 Å². The molecule has 86 valence electrons. The number of amides is 2. The fourth-order valence-electron chi connectivity index (χ4n) is 0.469. The highest BCUT2D eigenvalue weighted by molar-refractivity contribution is 5.91. The number of carbonyl (C=O) groups is 2. The summed E-state index contributed by atoms with van der Waals surface area (Å²) in [5.41, 5.74) is 0.402. The van der Waals surface area contributed by atoms with Crippen molar-refractivity contribution in [3.63, 3.8) is 0 Å². The predicted octanol–water partition coefficient (Wildman–Crippen LogP) is -0.0630. The zero-order valence-corrected chi connectivity index (χ0v) is 9.17. The average Bonchev–Trinajstić information content (AvgIpc) is 2.19. The molecule has 0 rings (SSSR count). The highest BCUT2D eigenvalue weighted by Gasteiger charge is 1.95. The van der Waals surface area contributed by atoms with E-state index in [1.807, 2.05) is 6.92 Å². The van der Waals surface area contributed by atoms with E-state index in [0.717, 1.165) is 0 Å². The van der Waals surface area contributed by atoms with Crippen molar-refractivity contribution in [3.8, 4) is 0 Å². The van der Waals surface area contributed by atoms with Gasteiger partial charge in [0.2, 0.25) is 11.8 Å². The monoisotopic (exact) mass is 214 g/mol. The smallest absolute Gasteiger partial charge is 0.248 e. The lowest BCUT2D eigenvalue weighted by Gasteiger charge is -1.96. The van der Waals surface area contributed by atoms with Crippen LogP contribution in [0.2, 0.25) is 0 Å². The number of hydrogen-bond donors (Lipinski definition) is 3. The highest BCUT2D eigenvalue weighted by Crippen LogP contribution is 1.82. The van der Waals surface area contributed by atoms with Crippen LogP contribution in [0.3, 0.4) is 0 Å². The number of nitrogens with one attached hydrogen (secondary N) is 2. The molecule has 0 heterocycles. The zero-order chi connectivity index (χ0) is 12.3. The first kappa shape index (κ1) is 15.8. The van der Waals surface area contributed by atoms with Gasteiger partial charge in [0.1, 0.15) is 6.73 Å². The normalized spacial score (nSPS) is 7.93. The van der Waals surface area contributed by atoms with Gasteiger partial charge in [0.15, 0.2) is 0 Å². The van der Waals surface area contributed by atoms with Crippen LogP contribution in [0, 0.1) is 0 Å². The van der Waals surface area contributed by atoms with Crippen molar-refractivity contribution in [2.24, 2.45) is 0 Å². The third-order valence-corrected chi connectivity index (χ3v) is 1.16. The lowest BCUT2D eigenvalue weighted by molar-refractivity contribution is -0.118. The van der Waals surface area contributed by atoms with Crippen LogP contribution < -0.4 is 10.6 Å². The van der Waals surface area contributed by atoms with Crippen molar-refractivity contribution < 1.29 is 14.7 Å². The molecular weight excluding hydrogens is 196 g/mol. The largest absolute Gasteiger partial charge is 0.376 e. The molecule has 5 heteroatoms. The van der Waals surface area contributed by atoms with E-state index in [2.05, 4.69) is 23.8 Å². The molecule has 0 unspecified atom stereocenters. The minimum atomic E-state index is -0.328. The van der Waals surface area contributed by atoms with Gasteiger partial charge < -0.3 is 15.7 Å². The van der Waals surface area contributed by atoms with Crippen LogP contribution >= 0.6 is 0 Å². The summed E-state index contributed by atoms with van der Waals surface area (Å²) in [6, 6.07) is 0. The number of hydrogen-bond acceptors (Lipinski definition) is 3. The lowest BCUT2D eigenvalue weighted by Crippen LogP contribution is -2.24. The summed E-state index contributed by atoms with van der Waals surface area (Å²) in [6.45, 7) is 10.4. The number of aliphatic hydroxyl groups excluding tert-OH is 1. The maximum atomic E-state index is 10.4. The summed E-state index contributed by atoms with van der Waals surface area (Å²) >= 11 is 0. The first-order valence-corrected chi connectivity index (χ1v) is 4.44. The Morgan fingerprint density at radius 2 is 1.93 bits per heavy atom. The first-order chi connectivity index (χ1) is 6.99. The molecule has 0 atom stereocenters. The van der Waals surface area contributed by atoms with Gasteiger partial charge in [-0.1, -0.05) is 13.2 Å². The van der Waals surface area contributed by atoms with Crippen molar-refractivity contribution in [1.29, 1.82) is 0 Å². The van der Waals surface area contributed by atoms with Gasteiger partial charge in [0.25, 0.3) is 0 Å². The van der Waals surface area contributed by atoms with E-state index in [0.29, 0.717) is 12.1 Å². The Kier molecular flexibility index (Phi) is 11.0. The highest BCUT2D eigenvalue weighted by atomic mass is 16.3. The Hall–Kier alpha value is -1.62. The number of carbonyl (C=O) groups excluding carboxylic acids is 2. The summed E-state index contributed by atoms with van der Waals surface area (Å²) in [4.78, 5) is 20.6. The minimum absolute atomic E-state index is 0.109. The van der Waals surface area contributed by atoms with Crippen molar-refractivity contribution >= 4 is 11.8 Å². The Bertz CT molecular complexity index is 237. The maximum Gasteiger partial charge on any atom is 0.248 e. The summed E-state index contributed by atoms with van der Waals surface area (Å²) in [5, 5.41) is 12.8. The Morgan fingerprint density at radius 3 is 2.07 bits per heavy atom. The summed E-state index contributed by atoms with van der Waals surface area (Å²) in [5.74, 6) is -0.421. The van der Waals surface area contributed by atoms with Crippen LogP contribution in [0.1, 0.15) is 13.8 Å². The van der Waals surface area contributed by atoms with Gasteiger partial charge in [-0.2, -0.15) is 0 Å². The third kappa shape index (κ3) is 12.4. The Balaban J connectivity index is 0. The van der Waals surface area contributed by atoms with Crippen molar-refractivity contribution in [2.45, 2.75) is 13.8 Å². The number of likely N-dealkylation sites (N-methyl/N-ethyl adjacent to an activating group) is 1. The molecule has 0 saturated heterocycles. The van der Waals surface area contributed by atoms with Gasteiger partial charge in [0.05, 0.1) is 0 Å². The molecule has 0 aromatic carbocycles. The molecule has 0 saturated carbocycles. The quantitative estimate of drug-likeness (QED) is 0.453.